The van der Waals surface area contributed by atoms with Gasteiger partial charge in [-0.05, 0) is 58.7 Å². The van der Waals surface area contributed by atoms with Crippen molar-refractivity contribution in [2.24, 2.45) is 5.41 Å². The van der Waals surface area contributed by atoms with E-state index in [1.807, 2.05) is 13.8 Å². The van der Waals surface area contributed by atoms with Crippen molar-refractivity contribution in [2.45, 2.75) is 53.5 Å². The van der Waals surface area contributed by atoms with Gasteiger partial charge in [-0.3, -0.25) is 0 Å². The Morgan fingerprint density at radius 1 is 1.38 bits per heavy atom. The standard InChI is InChI=1S/C18H28N2O/c1-6-20-15(3)16-9-8-14(2)12-17(16)21-11-7-10-18(4,5)13-19/h8-9,12,15,20H,6-7,10-11H2,1-5H3. The minimum atomic E-state index is -0.268. The van der Waals surface area contributed by atoms with Crippen LogP contribution in [-0.2, 0) is 0 Å². The highest BCUT2D eigenvalue weighted by atomic mass is 16.5. The van der Waals surface area contributed by atoms with Gasteiger partial charge in [-0.2, -0.15) is 5.26 Å². The van der Waals surface area contributed by atoms with Crippen molar-refractivity contribution in [3.63, 3.8) is 0 Å². The Labute approximate surface area is 129 Å². The summed E-state index contributed by atoms with van der Waals surface area (Å²) in [7, 11) is 0. The van der Waals surface area contributed by atoms with E-state index in [1.165, 1.54) is 11.1 Å². The third-order valence-corrected chi connectivity index (χ3v) is 3.65. The van der Waals surface area contributed by atoms with E-state index in [0.29, 0.717) is 6.61 Å². The number of ether oxygens (including phenoxy) is 1. The summed E-state index contributed by atoms with van der Waals surface area (Å²) in [5.41, 5.74) is 2.13. The summed E-state index contributed by atoms with van der Waals surface area (Å²) in [4.78, 5) is 0. The van der Waals surface area contributed by atoms with Gasteiger partial charge in [-0.15, -0.1) is 0 Å². The number of hydrogen-bond acceptors (Lipinski definition) is 3. The molecule has 1 rings (SSSR count). The molecule has 0 aromatic heterocycles. The monoisotopic (exact) mass is 288 g/mol. The third-order valence-electron chi connectivity index (χ3n) is 3.65. The first-order chi connectivity index (χ1) is 9.89. The van der Waals surface area contributed by atoms with Crippen LogP contribution in [0, 0.1) is 23.7 Å². The van der Waals surface area contributed by atoms with E-state index in [2.05, 4.69) is 50.4 Å². The summed E-state index contributed by atoms with van der Waals surface area (Å²) in [6.07, 6.45) is 1.75. The zero-order chi connectivity index (χ0) is 15.9. The Morgan fingerprint density at radius 2 is 2.10 bits per heavy atom. The minimum Gasteiger partial charge on any atom is -0.493 e. The topological polar surface area (TPSA) is 45.0 Å². The van der Waals surface area contributed by atoms with E-state index in [0.717, 1.165) is 25.1 Å². The fourth-order valence-electron chi connectivity index (χ4n) is 2.29. The maximum absolute atomic E-state index is 9.02. The zero-order valence-corrected chi connectivity index (χ0v) is 14.0. The normalized spacial score (nSPS) is 12.8. The minimum absolute atomic E-state index is 0.268. The van der Waals surface area contributed by atoms with Gasteiger partial charge in [0.2, 0.25) is 0 Å². The van der Waals surface area contributed by atoms with Gasteiger partial charge in [0, 0.05) is 11.6 Å². The molecule has 1 aromatic carbocycles. The molecule has 0 saturated carbocycles. The second-order valence-corrected chi connectivity index (χ2v) is 6.27. The Morgan fingerprint density at radius 3 is 2.71 bits per heavy atom. The van der Waals surface area contributed by atoms with Crippen LogP contribution < -0.4 is 10.1 Å². The molecule has 3 nitrogen and oxygen atoms in total. The fraction of sp³-hybridized carbons (Fsp3) is 0.611. The van der Waals surface area contributed by atoms with Gasteiger partial charge in [-0.25, -0.2) is 0 Å². The number of hydrogen-bond donors (Lipinski definition) is 1. The van der Waals surface area contributed by atoms with Crippen LogP contribution in [-0.4, -0.2) is 13.2 Å². The molecule has 0 bridgehead atoms. The average molecular weight is 288 g/mol. The van der Waals surface area contributed by atoms with E-state index in [1.54, 1.807) is 0 Å². The van der Waals surface area contributed by atoms with Crippen molar-refractivity contribution in [1.82, 2.24) is 5.32 Å². The van der Waals surface area contributed by atoms with E-state index in [-0.39, 0.29) is 11.5 Å². The van der Waals surface area contributed by atoms with Gasteiger partial charge in [-0.1, -0.05) is 19.1 Å². The lowest BCUT2D eigenvalue weighted by atomic mass is 9.90. The highest BCUT2D eigenvalue weighted by Crippen LogP contribution is 2.27. The lowest BCUT2D eigenvalue weighted by molar-refractivity contribution is 0.279. The Kier molecular flexibility index (Phi) is 6.71. The van der Waals surface area contributed by atoms with Crippen molar-refractivity contribution >= 4 is 0 Å². The predicted molar refractivity (Wildman–Crippen MR) is 87.4 cm³/mol. The molecule has 116 valence electrons. The van der Waals surface area contributed by atoms with Gasteiger partial charge < -0.3 is 10.1 Å². The van der Waals surface area contributed by atoms with Crippen LogP contribution in [0.2, 0.25) is 0 Å². The van der Waals surface area contributed by atoms with Gasteiger partial charge in [0.15, 0.2) is 0 Å². The molecule has 1 N–H and O–H groups in total. The number of nitrogens with one attached hydrogen (secondary N) is 1. The van der Waals surface area contributed by atoms with Gasteiger partial charge in [0.05, 0.1) is 18.1 Å². The molecule has 0 fully saturated rings. The van der Waals surface area contributed by atoms with Crippen molar-refractivity contribution < 1.29 is 4.74 Å². The van der Waals surface area contributed by atoms with Crippen LogP contribution in [0.5, 0.6) is 5.75 Å². The molecule has 1 unspecified atom stereocenters. The third kappa shape index (κ3) is 5.77. The molecule has 21 heavy (non-hydrogen) atoms. The van der Waals surface area contributed by atoms with E-state index < -0.39 is 0 Å². The molecule has 3 heteroatoms. The maximum atomic E-state index is 9.02. The Hall–Kier alpha value is -1.53. The number of nitriles is 1. The molecule has 0 aliphatic heterocycles. The second kappa shape index (κ2) is 8.05. The highest BCUT2D eigenvalue weighted by molar-refractivity contribution is 5.39. The Balaban J connectivity index is 2.65. The first-order valence-corrected chi connectivity index (χ1v) is 7.77. The van der Waals surface area contributed by atoms with Crippen LogP contribution in [0.25, 0.3) is 0 Å². The maximum Gasteiger partial charge on any atom is 0.124 e. The van der Waals surface area contributed by atoms with E-state index in [4.69, 9.17) is 10.00 Å². The molecular formula is C18H28N2O. The summed E-state index contributed by atoms with van der Waals surface area (Å²) in [6, 6.07) is 8.96. The first-order valence-electron chi connectivity index (χ1n) is 7.77. The van der Waals surface area contributed by atoms with Crippen LogP contribution in [0.4, 0.5) is 0 Å². The molecule has 1 aromatic rings. The van der Waals surface area contributed by atoms with Crippen molar-refractivity contribution in [2.75, 3.05) is 13.2 Å². The summed E-state index contributed by atoms with van der Waals surface area (Å²) in [6.45, 7) is 11.9. The lowest BCUT2D eigenvalue weighted by Crippen LogP contribution is -2.19. The SMILES string of the molecule is CCNC(C)c1ccc(C)cc1OCCCC(C)(C)C#N. The summed E-state index contributed by atoms with van der Waals surface area (Å²) in [5.74, 6) is 0.957. The van der Waals surface area contributed by atoms with E-state index >= 15 is 0 Å². The van der Waals surface area contributed by atoms with Gasteiger partial charge in [0.25, 0.3) is 0 Å². The van der Waals surface area contributed by atoms with Gasteiger partial charge >= 0.3 is 0 Å². The molecule has 0 heterocycles. The lowest BCUT2D eigenvalue weighted by Gasteiger charge is -2.19. The highest BCUT2D eigenvalue weighted by Gasteiger charge is 2.16. The van der Waals surface area contributed by atoms with Gasteiger partial charge in [0.1, 0.15) is 5.75 Å². The fourth-order valence-corrected chi connectivity index (χ4v) is 2.29. The molecule has 0 radical (unpaired) electrons. The summed E-state index contributed by atoms with van der Waals surface area (Å²) < 4.78 is 5.98. The number of rotatable bonds is 8. The molecule has 0 amide bonds. The van der Waals surface area contributed by atoms with E-state index in [9.17, 15) is 0 Å². The number of nitrogens with zero attached hydrogens (tertiary/aromatic N) is 1. The van der Waals surface area contributed by atoms with Crippen LogP contribution in [0.15, 0.2) is 18.2 Å². The zero-order valence-electron chi connectivity index (χ0n) is 14.0. The largest absolute Gasteiger partial charge is 0.493 e. The van der Waals surface area contributed by atoms with Crippen LogP contribution >= 0.6 is 0 Å². The summed E-state index contributed by atoms with van der Waals surface area (Å²) in [5, 5.41) is 12.4. The van der Waals surface area contributed by atoms with Crippen LogP contribution in [0.3, 0.4) is 0 Å². The van der Waals surface area contributed by atoms with Crippen molar-refractivity contribution in [1.29, 1.82) is 5.26 Å². The first kappa shape index (κ1) is 17.5. The van der Waals surface area contributed by atoms with Crippen molar-refractivity contribution in [3.8, 4) is 11.8 Å². The van der Waals surface area contributed by atoms with Crippen molar-refractivity contribution in [3.05, 3.63) is 29.3 Å². The molecule has 0 aliphatic rings. The van der Waals surface area contributed by atoms with Crippen LogP contribution in [0.1, 0.15) is 57.7 Å². The summed E-state index contributed by atoms with van der Waals surface area (Å²) >= 11 is 0. The average Bonchev–Trinajstić information content (AvgIpc) is 2.44. The molecule has 1 atom stereocenters. The molecular weight excluding hydrogens is 260 g/mol. The smallest absolute Gasteiger partial charge is 0.124 e. The Bertz CT molecular complexity index is 488. The molecule has 0 spiro atoms. The number of benzene rings is 1. The quantitative estimate of drug-likeness (QED) is 0.722. The molecule has 0 aliphatic carbocycles. The second-order valence-electron chi connectivity index (χ2n) is 6.27. The predicted octanol–water partition coefficient (Wildman–Crippen LogP) is 4.37. The number of aryl methyl sites for hydroxylation is 1. The molecule has 0 saturated heterocycles.